The Morgan fingerprint density at radius 2 is 1.64 bits per heavy atom. The number of ether oxygens (including phenoxy) is 5. The van der Waals surface area contributed by atoms with Crippen LogP contribution in [-0.2, 0) is 32.6 Å². The zero-order valence-corrected chi connectivity index (χ0v) is 33.6. The minimum atomic E-state index is -4.37. The fourth-order valence-electron chi connectivity index (χ4n) is 7.55. The zero-order valence-electron chi connectivity index (χ0n) is 32.7. The van der Waals surface area contributed by atoms with Crippen molar-refractivity contribution in [3.63, 3.8) is 0 Å². The number of amides is 2. The lowest BCUT2D eigenvalue weighted by atomic mass is 9.80. The molecule has 0 spiro atoms. The zero-order chi connectivity index (χ0) is 40.1. The van der Waals surface area contributed by atoms with Gasteiger partial charge in [0.25, 0.3) is 0 Å². The molecule has 2 amide bonds. The van der Waals surface area contributed by atoms with Crippen molar-refractivity contribution in [2.75, 3.05) is 13.9 Å². The van der Waals surface area contributed by atoms with Crippen LogP contribution in [0.25, 0.3) is 6.08 Å². The smallest absolute Gasteiger partial charge is 0.411 e. The van der Waals surface area contributed by atoms with Crippen LogP contribution in [0.4, 0.5) is 4.79 Å². The van der Waals surface area contributed by atoms with Crippen molar-refractivity contribution in [1.82, 2.24) is 9.80 Å². The van der Waals surface area contributed by atoms with E-state index in [9.17, 15) is 13.2 Å². The van der Waals surface area contributed by atoms with Gasteiger partial charge in [-0.1, -0.05) is 54.1 Å². The molecule has 0 saturated carbocycles. The van der Waals surface area contributed by atoms with Crippen molar-refractivity contribution in [2.45, 2.75) is 90.6 Å². The number of benzene rings is 4. The molecule has 7 rings (SSSR count). The van der Waals surface area contributed by atoms with Crippen LogP contribution in [0.15, 0.2) is 77.3 Å². The first-order chi connectivity index (χ1) is 26.7. The van der Waals surface area contributed by atoms with E-state index >= 15 is 4.79 Å². The maximum absolute atomic E-state index is 15.0. The van der Waals surface area contributed by atoms with Crippen molar-refractivity contribution < 1.29 is 45.9 Å². The third-order valence-corrected chi connectivity index (χ3v) is 11.2. The number of aryl methyl sites for hydroxylation is 2. The Balaban J connectivity index is 1.53. The highest BCUT2D eigenvalue weighted by Crippen LogP contribution is 2.53. The van der Waals surface area contributed by atoms with Gasteiger partial charge in [0.05, 0.1) is 25.9 Å². The molecule has 0 aromatic heterocycles. The molecule has 56 heavy (non-hydrogen) atoms. The highest BCUT2D eigenvalue weighted by Gasteiger charge is 2.53. The Bertz CT molecular complexity index is 2320. The summed E-state index contributed by atoms with van der Waals surface area (Å²) in [7, 11) is -2.81. The topological polar surface area (TPSA) is 130 Å². The monoisotopic (exact) mass is 782 g/mol. The second-order valence-electron chi connectivity index (χ2n) is 14.7. The average Bonchev–Trinajstić information content (AvgIpc) is 3.62. The number of methoxy groups -OCH3 is 1. The summed E-state index contributed by atoms with van der Waals surface area (Å²) in [6.45, 7) is 12.8. The molecule has 1 fully saturated rings. The van der Waals surface area contributed by atoms with E-state index in [4.69, 9.17) is 27.9 Å². The molecule has 12 nitrogen and oxygen atoms in total. The van der Waals surface area contributed by atoms with E-state index in [2.05, 4.69) is 0 Å². The van der Waals surface area contributed by atoms with Gasteiger partial charge in [0.1, 0.15) is 17.0 Å². The number of carbonyl (C=O) groups excluding carboxylic acids is 2. The summed E-state index contributed by atoms with van der Waals surface area (Å²) in [5, 5.41) is 0. The predicted octanol–water partition coefficient (Wildman–Crippen LogP) is 7.80. The third-order valence-electron chi connectivity index (χ3n) is 9.96. The van der Waals surface area contributed by atoms with Gasteiger partial charge in [-0.2, -0.15) is 8.42 Å². The summed E-state index contributed by atoms with van der Waals surface area (Å²) in [5.41, 5.74) is 4.96. The number of hydrogen-bond acceptors (Lipinski definition) is 10. The highest BCUT2D eigenvalue weighted by atomic mass is 32.2. The summed E-state index contributed by atoms with van der Waals surface area (Å²) in [5.74, 6) is 1.26. The van der Waals surface area contributed by atoms with E-state index in [0.717, 1.165) is 22.3 Å². The first-order valence-electron chi connectivity index (χ1n) is 18.6. The largest absolute Gasteiger partial charge is 0.493 e. The number of hydrogen-bond donors (Lipinski definition) is 0. The lowest BCUT2D eigenvalue weighted by Gasteiger charge is -2.51. The third kappa shape index (κ3) is 7.11. The summed E-state index contributed by atoms with van der Waals surface area (Å²) < 4.78 is 63.8. The molecule has 4 aromatic rings. The number of fused-ring (bicyclic) bond motifs is 5. The van der Waals surface area contributed by atoms with Crippen LogP contribution >= 0.6 is 0 Å². The van der Waals surface area contributed by atoms with Crippen molar-refractivity contribution in [3.05, 3.63) is 111 Å². The van der Waals surface area contributed by atoms with Gasteiger partial charge in [-0.3, -0.25) is 9.69 Å². The summed E-state index contributed by atoms with van der Waals surface area (Å²) in [6.07, 6.45) is 0.421. The second-order valence-corrected chi connectivity index (χ2v) is 16.3. The molecule has 13 heteroatoms. The summed E-state index contributed by atoms with van der Waals surface area (Å²) >= 11 is 0. The van der Waals surface area contributed by atoms with Crippen LogP contribution in [0.5, 0.6) is 28.7 Å². The Hall–Kier alpha value is -5.69. The fourth-order valence-corrected chi connectivity index (χ4v) is 8.55. The lowest BCUT2D eigenvalue weighted by Crippen LogP contribution is -2.61. The molecule has 2 bridgehead atoms. The van der Waals surface area contributed by atoms with Crippen LogP contribution in [-0.4, -0.2) is 62.4 Å². The van der Waals surface area contributed by atoms with Crippen LogP contribution in [0.3, 0.4) is 0 Å². The van der Waals surface area contributed by atoms with E-state index in [1.165, 1.54) is 17.0 Å². The minimum Gasteiger partial charge on any atom is -0.493 e. The van der Waals surface area contributed by atoms with Gasteiger partial charge < -0.3 is 32.8 Å². The molecule has 3 aliphatic rings. The molecule has 3 aliphatic heterocycles. The van der Waals surface area contributed by atoms with E-state index in [0.29, 0.717) is 39.8 Å². The van der Waals surface area contributed by atoms with Crippen molar-refractivity contribution >= 4 is 28.2 Å². The standard InChI is InChI=1S/C43H46N2O10S/c1-24(2)53-41-36-30(18-27(6)38(41)50-8)19-34-42(46)44(22-29-12-10-9-11-13-29)33(37(36)45(34)43(47)54-25(3)4)20-31-21-35-40(52-23-51-35)28(7)39(31)55-56(48,49)32-16-14-26(5)15-17-32/h9-18,20-21,24-25,34,37H,19,22-23H2,1-8H3/b33-20+/t34-,37-/m0/s1. The SMILES string of the molecule is COc1c(C)cc2c(c1OC(C)C)[C@@H]1/C(=C\c3cc4c(c(C)c3OS(=O)(=O)c3ccc(C)cc3)OCO4)N(Cc3ccccc3)C(=O)[C@H](C2)N1C(=O)OC(C)C. The molecular weight excluding hydrogens is 737 g/mol. The molecule has 2 atom stereocenters. The van der Waals surface area contributed by atoms with Gasteiger partial charge in [-0.25, -0.2) is 4.79 Å². The van der Waals surface area contributed by atoms with Crippen LogP contribution < -0.4 is 23.1 Å². The Morgan fingerprint density at radius 1 is 0.929 bits per heavy atom. The maximum Gasteiger partial charge on any atom is 0.411 e. The molecule has 0 unspecified atom stereocenters. The Morgan fingerprint density at radius 3 is 2.30 bits per heavy atom. The summed E-state index contributed by atoms with van der Waals surface area (Å²) in [4.78, 5) is 32.4. The maximum atomic E-state index is 15.0. The molecule has 4 aromatic carbocycles. The minimum absolute atomic E-state index is 0.0240. The molecule has 3 heterocycles. The number of rotatable bonds is 10. The van der Waals surface area contributed by atoms with Gasteiger partial charge in [-0.15, -0.1) is 0 Å². The molecular formula is C43H46N2O10S. The predicted molar refractivity (Wildman–Crippen MR) is 208 cm³/mol. The number of piperazine rings is 1. The number of nitrogens with zero attached hydrogens (tertiary/aromatic N) is 2. The normalized spacial score (nSPS) is 18.0. The Kier molecular flexibility index (Phi) is 10.4. The van der Waals surface area contributed by atoms with Crippen LogP contribution in [0.2, 0.25) is 0 Å². The molecule has 1 saturated heterocycles. The average molecular weight is 783 g/mol. The van der Waals surface area contributed by atoms with Crippen molar-refractivity contribution in [2.24, 2.45) is 0 Å². The molecule has 0 aliphatic carbocycles. The van der Waals surface area contributed by atoms with Crippen molar-refractivity contribution in [3.8, 4) is 28.7 Å². The van der Waals surface area contributed by atoms with E-state index in [1.807, 2.05) is 64.1 Å². The van der Waals surface area contributed by atoms with Gasteiger partial charge >= 0.3 is 16.2 Å². The highest BCUT2D eigenvalue weighted by molar-refractivity contribution is 7.87. The van der Waals surface area contributed by atoms with E-state index in [1.54, 1.807) is 57.1 Å². The van der Waals surface area contributed by atoms with E-state index < -0.39 is 34.4 Å². The first-order valence-corrected chi connectivity index (χ1v) is 20.0. The van der Waals surface area contributed by atoms with Crippen LogP contribution in [0, 0.1) is 20.8 Å². The van der Waals surface area contributed by atoms with Gasteiger partial charge in [0, 0.05) is 28.8 Å². The van der Waals surface area contributed by atoms with Crippen molar-refractivity contribution in [1.29, 1.82) is 0 Å². The summed E-state index contributed by atoms with van der Waals surface area (Å²) in [6, 6.07) is 17.5. The van der Waals surface area contributed by atoms with Crippen LogP contribution in [0.1, 0.15) is 72.7 Å². The lowest BCUT2D eigenvalue weighted by molar-refractivity contribution is -0.141. The van der Waals surface area contributed by atoms with Gasteiger partial charge in [-0.05, 0) is 89.4 Å². The Labute approximate surface area is 327 Å². The quantitative estimate of drug-likeness (QED) is 0.147. The number of carbonyl (C=O) groups is 2. The fraction of sp³-hybridized carbons (Fsp3) is 0.349. The first kappa shape index (κ1) is 38.6. The van der Waals surface area contributed by atoms with Gasteiger partial charge in [0.2, 0.25) is 12.7 Å². The van der Waals surface area contributed by atoms with Gasteiger partial charge in [0.15, 0.2) is 28.7 Å². The molecule has 294 valence electrons. The van der Waals surface area contributed by atoms with E-state index in [-0.39, 0.29) is 48.0 Å². The molecule has 0 radical (unpaired) electrons. The second kappa shape index (κ2) is 15.1. The molecule has 0 N–H and O–H groups in total.